The predicted octanol–water partition coefficient (Wildman–Crippen LogP) is 1.62. The minimum atomic E-state index is 0.619. The molecule has 1 aromatic rings. The molecule has 2 N–H and O–H groups in total. The summed E-state index contributed by atoms with van der Waals surface area (Å²) >= 11 is 5.07. The second kappa shape index (κ2) is 6.34. The second-order valence-corrected chi connectivity index (χ2v) is 3.15. The van der Waals surface area contributed by atoms with Crippen molar-refractivity contribution in [2.45, 2.75) is 0 Å². The molecule has 0 heterocycles. The summed E-state index contributed by atoms with van der Waals surface area (Å²) in [5, 5.41) is 6.71. The van der Waals surface area contributed by atoms with Crippen molar-refractivity contribution >= 4 is 23.0 Å². The first-order chi connectivity index (χ1) is 6.83. The third-order valence-corrected chi connectivity index (χ3v) is 1.87. The van der Waals surface area contributed by atoms with E-state index in [9.17, 15) is 0 Å². The lowest BCUT2D eigenvalue weighted by Crippen LogP contribution is -2.31. The van der Waals surface area contributed by atoms with E-state index in [1.54, 1.807) is 7.11 Å². The molecule has 0 atom stereocenters. The van der Waals surface area contributed by atoms with Gasteiger partial charge in [-0.15, -0.1) is 0 Å². The van der Waals surface area contributed by atoms with E-state index in [4.69, 9.17) is 17.0 Å². The number of para-hydroxylation sites is 1. The molecule has 0 aliphatic carbocycles. The zero-order valence-electron chi connectivity index (χ0n) is 8.12. The maximum atomic E-state index is 5.07. The van der Waals surface area contributed by atoms with Crippen molar-refractivity contribution in [1.29, 1.82) is 0 Å². The number of benzene rings is 1. The fourth-order valence-corrected chi connectivity index (χ4v) is 1.18. The van der Waals surface area contributed by atoms with Gasteiger partial charge in [0.15, 0.2) is 5.11 Å². The van der Waals surface area contributed by atoms with E-state index in [0.717, 1.165) is 12.2 Å². The lowest BCUT2D eigenvalue weighted by Gasteiger charge is -2.09. The van der Waals surface area contributed by atoms with Crippen molar-refractivity contribution in [3.63, 3.8) is 0 Å². The van der Waals surface area contributed by atoms with Crippen LogP contribution < -0.4 is 10.6 Å². The molecule has 1 aromatic carbocycles. The van der Waals surface area contributed by atoms with Gasteiger partial charge in [-0.05, 0) is 24.4 Å². The maximum Gasteiger partial charge on any atom is 0.170 e. The van der Waals surface area contributed by atoms with E-state index in [1.807, 2.05) is 30.3 Å². The van der Waals surface area contributed by atoms with Crippen LogP contribution in [0.3, 0.4) is 0 Å². The fourth-order valence-electron chi connectivity index (χ4n) is 0.963. The molecule has 0 saturated carbocycles. The van der Waals surface area contributed by atoms with Crippen molar-refractivity contribution < 1.29 is 4.74 Å². The molecule has 0 amide bonds. The highest BCUT2D eigenvalue weighted by atomic mass is 32.1. The summed E-state index contributed by atoms with van der Waals surface area (Å²) in [6.45, 7) is 1.37. The zero-order valence-corrected chi connectivity index (χ0v) is 8.93. The molecule has 0 aromatic heterocycles. The minimum absolute atomic E-state index is 0.619. The van der Waals surface area contributed by atoms with Gasteiger partial charge in [0.1, 0.15) is 0 Å². The third kappa shape index (κ3) is 4.20. The van der Waals surface area contributed by atoms with Crippen LogP contribution in [-0.2, 0) is 4.74 Å². The lowest BCUT2D eigenvalue weighted by atomic mass is 10.3. The Morgan fingerprint density at radius 2 is 2.07 bits per heavy atom. The third-order valence-electron chi connectivity index (χ3n) is 1.62. The highest BCUT2D eigenvalue weighted by molar-refractivity contribution is 7.80. The molecule has 0 fully saturated rings. The van der Waals surface area contributed by atoms with Crippen molar-refractivity contribution in [2.75, 3.05) is 25.6 Å². The summed E-state index contributed by atoms with van der Waals surface area (Å²) < 4.78 is 4.89. The normalized spacial score (nSPS) is 9.50. The van der Waals surface area contributed by atoms with Gasteiger partial charge in [-0.3, -0.25) is 0 Å². The summed E-state index contributed by atoms with van der Waals surface area (Å²) in [6, 6.07) is 9.81. The lowest BCUT2D eigenvalue weighted by molar-refractivity contribution is 0.204. The molecule has 3 nitrogen and oxygen atoms in total. The number of thiocarbonyl (C=S) groups is 1. The van der Waals surface area contributed by atoms with Crippen LogP contribution in [0.25, 0.3) is 0 Å². The van der Waals surface area contributed by atoms with E-state index in [-0.39, 0.29) is 0 Å². The summed E-state index contributed by atoms with van der Waals surface area (Å²) in [4.78, 5) is 0. The van der Waals surface area contributed by atoms with E-state index in [0.29, 0.717) is 11.7 Å². The number of nitrogens with one attached hydrogen (secondary N) is 2. The van der Waals surface area contributed by atoms with Gasteiger partial charge in [0.2, 0.25) is 0 Å². The topological polar surface area (TPSA) is 33.3 Å². The van der Waals surface area contributed by atoms with E-state index in [1.165, 1.54) is 0 Å². The van der Waals surface area contributed by atoms with Crippen molar-refractivity contribution in [2.24, 2.45) is 0 Å². The van der Waals surface area contributed by atoms with Crippen LogP contribution in [-0.4, -0.2) is 25.4 Å². The molecule has 0 saturated heterocycles. The van der Waals surface area contributed by atoms with Crippen molar-refractivity contribution in [3.05, 3.63) is 30.3 Å². The highest BCUT2D eigenvalue weighted by Crippen LogP contribution is 2.03. The van der Waals surface area contributed by atoms with Gasteiger partial charge in [-0.1, -0.05) is 18.2 Å². The smallest absolute Gasteiger partial charge is 0.170 e. The van der Waals surface area contributed by atoms with Crippen LogP contribution in [0.15, 0.2) is 30.3 Å². The first kappa shape index (κ1) is 10.9. The SMILES string of the molecule is COCCNC(=S)Nc1ccccc1. The number of rotatable bonds is 4. The molecular formula is C10H14N2OS. The van der Waals surface area contributed by atoms with Gasteiger partial charge in [-0.25, -0.2) is 0 Å². The molecule has 0 radical (unpaired) electrons. The van der Waals surface area contributed by atoms with Gasteiger partial charge >= 0.3 is 0 Å². The van der Waals surface area contributed by atoms with Crippen molar-refractivity contribution in [1.82, 2.24) is 5.32 Å². The van der Waals surface area contributed by atoms with E-state index < -0.39 is 0 Å². The quantitative estimate of drug-likeness (QED) is 0.584. The number of methoxy groups -OCH3 is 1. The largest absolute Gasteiger partial charge is 0.383 e. The molecule has 0 aliphatic heterocycles. The maximum absolute atomic E-state index is 5.07. The Morgan fingerprint density at radius 3 is 2.71 bits per heavy atom. The summed E-state index contributed by atoms with van der Waals surface area (Å²) in [7, 11) is 1.66. The summed E-state index contributed by atoms with van der Waals surface area (Å²) in [6.07, 6.45) is 0. The Bertz CT molecular complexity index is 277. The monoisotopic (exact) mass is 210 g/mol. The Morgan fingerprint density at radius 1 is 1.36 bits per heavy atom. The highest BCUT2D eigenvalue weighted by Gasteiger charge is 1.94. The molecule has 0 aliphatic rings. The van der Waals surface area contributed by atoms with E-state index in [2.05, 4.69) is 10.6 Å². The Balaban J connectivity index is 2.27. The molecule has 14 heavy (non-hydrogen) atoms. The van der Waals surface area contributed by atoms with Crippen LogP contribution in [0.4, 0.5) is 5.69 Å². The minimum Gasteiger partial charge on any atom is -0.383 e. The first-order valence-electron chi connectivity index (χ1n) is 4.42. The van der Waals surface area contributed by atoms with E-state index >= 15 is 0 Å². The van der Waals surface area contributed by atoms with Crippen LogP contribution in [0.2, 0.25) is 0 Å². The summed E-state index contributed by atoms with van der Waals surface area (Å²) in [5.74, 6) is 0. The molecule has 0 bridgehead atoms. The first-order valence-corrected chi connectivity index (χ1v) is 4.82. The Kier molecular flexibility index (Phi) is 4.96. The Hall–Kier alpha value is -1.13. The number of hydrogen-bond donors (Lipinski definition) is 2. The molecule has 1 rings (SSSR count). The van der Waals surface area contributed by atoms with Crippen LogP contribution in [0, 0.1) is 0 Å². The summed E-state index contributed by atoms with van der Waals surface area (Å²) in [5.41, 5.74) is 0.988. The van der Waals surface area contributed by atoms with Crippen LogP contribution in [0.5, 0.6) is 0 Å². The van der Waals surface area contributed by atoms with Gasteiger partial charge in [0, 0.05) is 19.3 Å². The number of ether oxygens (including phenoxy) is 1. The van der Waals surface area contributed by atoms with Gasteiger partial charge in [-0.2, -0.15) is 0 Å². The average Bonchev–Trinajstić information content (AvgIpc) is 2.20. The molecular weight excluding hydrogens is 196 g/mol. The molecule has 0 unspecified atom stereocenters. The van der Waals surface area contributed by atoms with Gasteiger partial charge in [0.25, 0.3) is 0 Å². The van der Waals surface area contributed by atoms with Crippen LogP contribution in [0.1, 0.15) is 0 Å². The van der Waals surface area contributed by atoms with Crippen molar-refractivity contribution in [3.8, 4) is 0 Å². The Labute approximate surface area is 89.5 Å². The van der Waals surface area contributed by atoms with Gasteiger partial charge in [0.05, 0.1) is 6.61 Å². The predicted molar refractivity (Wildman–Crippen MR) is 62.5 cm³/mol. The fraction of sp³-hybridized carbons (Fsp3) is 0.300. The average molecular weight is 210 g/mol. The standard InChI is InChI=1S/C10H14N2OS/c1-13-8-7-11-10(14)12-9-5-3-2-4-6-9/h2-6H,7-8H2,1H3,(H2,11,12,14). The van der Waals surface area contributed by atoms with Gasteiger partial charge < -0.3 is 15.4 Å². The molecule has 4 heteroatoms. The second-order valence-electron chi connectivity index (χ2n) is 2.74. The zero-order chi connectivity index (χ0) is 10.2. The van der Waals surface area contributed by atoms with Crippen LogP contribution >= 0.6 is 12.2 Å². The molecule has 76 valence electrons. The number of hydrogen-bond acceptors (Lipinski definition) is 2. The molecule has 0 spiro atoms. The number of anilines is 1.